The topological polar surface area (TPSA) is 54.7 Å². The Bertz CT molecular complexity index is 588. The van der Waals surface area contributed by atoms with E-state index < -0.39 is 0 Å². The van der Waals surface area contributed by atoms with Crippen molar-refractivity contribution in [3.63, 3.8) is 0 Å². The molecule has 1 aliphatic heterocycles. The second kappa shape index (κ2) is 6.07. The van der Waals surface area contributed by atoms with Gasteiger partial charge in [0.2, 0.25) is 0 Å². The van der Waals surface area contributed by atoms with E-state index in [2.05, 4.69) is 10.2 Å². The summed E-state index contributed by atoms with van der Waals surface area (Å²) in [6.45, 7) is 4.94. The normalized spacial score (nSPS) is 16.4. The molecule has 0 spiro atoms. The number of amides is 1. The molecular weight excluding hydrogens is 256 g/mol. The molecule has 106 valence electrons. The number of morpholine rings is 1. The minimum atomic E-state index is -0.0507. The Morgan fingerprint density at radius 3 is 2.95 bits per heavy atom. The monoisotopic (exact) mass is 274 g/mol. The van der Waals surface area contributed by atoms with E-state index in [1.807, 2.05) is 24.3 Å². The number of fused-ring (bicyclic) bond motifs is 1. The Morgan fingerprint density at radius 2 is 2.10 bits per heavy atom. The van der Waals surface area contributed by atoms with E-state index in [1.165, 1.54) is 0 Å². The molecule has 1 aromatic heterocycles. The molecule has 3 rings (SSSR count). The molecule has 1 N–H and O–H groups in total. The van der Waals surface area contributed by atoms with Gasteiger partial charge in [0.15, 0.2) is 0 Å². The number of rotatable bonds is 4. The standard InChI is InChI=1S/C15H18N2O3/c18-15(16-5-6-17-7-10-19-11-8-17)13-2-1-3-14-12(13)4-9-20-14/h1-4,9H,5-8,10-11H2,(H,16,18). The van der Waals surface area contributed by atoms with Crippen LogP contribution in [0.4, 0.5) is 0 Å². The van der Waals surface area contributed by atoms with Crippen molar-refractivity contribution in [3.8, 4) is 0 Å². The minimum absolute atomic E-state index is 0.0507. The molecule has 5 nitrogen and oxygen atoms in total. The molecule has 0 radical (unpaired) electrons. The maximum Gasteiger partial charge on any atom is 0.252 e. The van der Waals surface area contributed by atoms with Gasteiger partial charge in [-0.25, -0.2) is 0 Å². The van der Waals surface area contributed by atoms with Crippen LogP contribution in [0.15, 0.2) is 34.9 Å². The maximum atomic E-state index is 12.2. The third kappa shape index (κ3) is 2.84. The van der Waals surface area contributed by atoms with Crippen LogP contribution in [-0.2, 0) is 4.74 Å². The highest BCUT2D eigenvalue weighted by Crippen LogP contribution is 2.19. The summed E-state index contributed by atoms with van der Waals surface area (Å²) in [7, 11) is 0. The largest absolute Gasteiger partial charge is 0.464 e. The van der Waals surface area contributed by atoms with Crippen LogP contribution in [0.5, 0.6) is 0 Å². The summed E-state index contributed by atoms with van der Waals surface area (Å²) in [6, 6.07) is 7.34. The first kappa shape index (κ1) is 13.1. The molecule has 1 aliphatic rings. The Balaban J connectivity index is 1.57. The molecule has 1 fully saturated rings. The fourth-order valence-corrected chi connectivity index (χ4v) is 2.44. The van der Waals surface area contributed by atoms with Crippen molar-refractivity contribution < 1.29 is 13.9 Å². The highest BCUT2D eigenvalue weighted by atomic mass is 16.5. The van der Waals surface area contributed by atoms with Crippen molar-refractivity contribution in [2.45, 2.75) is 0 Å². The second-order valence-electron chi connectivity index (χ2n) is 4.85. The molecule has 1 saturated heterocycles. The van der Waals surface area contributed by atoms with Crippen molar-refractivity contribution in [1.29, 1.82) is 0 Å². The van der Waals surface area contributed by atoms with Crippen molar-refractivity contribution in [3.05, 3.63) is 36.1 Å². The Morgan fingerprint density at radius 1 is 1.25 bits per heavy atom. The predicted molar refractivity (Wildman–Crippen MR) is 75.8 cm³/mol. The lowest BCUT2D eigenvalue weighted by molar-refractivity contribution is 0.0383. The average molecular weight is 274 g/mol. The van der Waals surface area contributed by atoms with Crippen LogP contribution in [0.1, 0.15) is 10.4 Å². The summed E-state index contributed by atoms with van der Waals surface area (Å²) >= 11 is 0. The van der Waals surface area contributed by atoms with Crippen LogP contribution >= 0.6 is 0 Å². The Labute approximate surface area is 117 Å². The van der Waals surface area contributed by atoms with Crippen molar-refractivity contribution in [2.24, 2.45) is 0 Å². The summed E-state index contributed by atoms with van der Waals surface area (Å²) < 4.78 is 10.6. The summed E-state index contributed by atoms with van der Waals surface area (Å²) in [5, 5.41) is 3.82. The van der Waals surface area contributed by atoms with Crippen LogP contribution < -0.4 is 5.32 Å². The first-order valence-corrected chi connectivity index (χ1v) is 6.89. The zero-order valence-electron chi connectivity index (χ0n) is 11.3. The van der Waals surface area contributed by atoms with Gasteiger partial charge in [0.25, 0.3) is 5.91 Å². The molecule has 1 amide bonds. The van der Waals surface area contributed by atoms with E-state index in [-0.39, 0.29) is 5.91 Å². The number of nitrogens with zero attached hydrogens (tertiary/aromatic N) is 1. The number of ether oxygens (including phenoxy) is 1. The fourth-order valence-electron chi connectivity index (χ4n) is 2.44. The maximum absolute atomic E-state index is 12.2. The zero-order chi connectivity index (χ0) is 13.8. The summed E-state index contributed by atoms with van der Waals surface area (Å²) in [4.78, 5) is 14.5. The molecule has 5 heteroatoms. The third-order valence-corrected chi connectivity index (χ3v) is 3.56. The smallest absolute Gasteiger partial charge is 0.252 e. The van der Waals surface area contributed by atoms with Crippen LogP contribution in [0.3, 0.4) is 0 Å². The molecule has 1 aromatic carbocycles. The number of hydrogen-bond donors (Lipinski definition) is 1. The predicted octanol–water partition coefficient (Wildman–Crippen LogP) is 1.49. The lowest BCUT2D eigenvalue weighted by Gasteiger charge is -2.26. The van der Waals surface area contributed by atoms with Gasteiger partial charge >= 0.3 is 0 Å². The van der Waals surface area contributed by atoms with Crippen LogP contribution in [-0.4, -0.2) is 50.2 Å². The van der Waals surface area contributed by atoms with Crippen LogP contribution in [0, 0.1) is 0 Å². The van der Waals surface area contributed by atoms with E-state index in [1.54, 1.807) is 6.26 Å². The molecule has 0 unspecified atom stereocenters. The molecule has 2 aromatic rings. The van der Waals surface area contributed by atoms with Gasteiger partial charge in [0, 0.05) is 31.6 Å². The van der Waals surface area contributed by atoms with Crippen molar-refractivity contribution in [2.75, 3.05) is 39.4 Å². The van der Waals surface area contributed by atoms with Gasteiger partial charge in [-0.3, -0.25) is 9.69 Å². The SMILES string of the molecule is O=C(NCCN1CCOCC1)c1cccc2occc12. The highest BCUT2D eigenvalue weighted by molar-refractivity contribution is 6.05. The number of carbonyl (C=O) groups is 1. The molecule has 2 heterocycles. The van der Waals surface area contributed by atoms with Crippen molar-refractivity contribution >= 4 is 16.9 Å². The van der Waals surface area contributed by atoms with Crippen LogP contribution in [0.2, 0.25) is 0 Å². The molecule has 0 aliphatic carbocycles. The molecule has 20 heavy (non-hydrogen) atoms. The minimum Gasteiger partial charge on any atom is -0.464 e. The van der Waals surface area contributed by atoms with Crippen molar-refractivity contribution in [1.82, 2.24) is 10.2 Å². The Hall–Kier alpha value is -1.85. The highest BCUT2D eigenvalue weighted by Gasteiger charge is 2.13. The van der Waals surface area contributed by atoms with Gasteiger partial charge in [-0.1, -0.05) is 6.07 Å². The average Bonchev–Trinajstić information content (AvgIpc) is 2.96. The zero-order valence-corrected chi connectivity index (χ0v) is 11.3. The number of benzene rings is 1. The van der Waals surface area contributed by atoms with E-state index in [4.69, 9.17) is 9.15 Å². The van der Waals surface area contributed by atoms with E-state index in [0.717, 1.165) is 43.8 Å². The van der Waals surface area contributed by atoms with Gasteiger partial charge in [0.05, 0.1) is 25.0 Å². The number of carbonyl (C=O) groups excluding carboxylic acids is 1. The van der Waals surface area contributed by atoms with E-state index in [9.17, 15) is 4.79 Å². The fraction of sp³-hybridized carbons (Fsp3) is 0.400. The van der Waals surface area contributed by atoms with Gasteiger partial charge in [-0.05, 0) is 18.2 Å². The molecule has 0 bridgehead atoms. The van der Waals surface area contributed by atoms with E-state index in [0.29, 0.717) is 12.1 Å². The van der Waals surface area contributed by atoms with Gasteiger partial charge < -0.3 is 14.5 Å². The lowest BCUT2D eigenvalue weighted by atomic mass is 10.1. The van der Waals surface area contributed by atoms with E-state index >= 15 is 0 Å². The summed E-state index contributed by atoms with van der Waals surface area (Å²) in [6.07, 6.45) is 1.61. The lowest BCUT2D eigenvalue weighted by Crippen LogP contribution is -2.41. The number of hydrogen-bond acceptors (Lipinski definition) is 4. The second-order valence-corrected chi connectivity index (χ2v) is 4.85. The molecule has 0 saturated carbocycles. The van der Waals surface area contributed by atoms with Crippen LogP contribution in [0.25, 0.3) is 11.0 Å². The molecular formula is C15H18N2O3. The van der Waals surface area contributed by atoms with Gasteiger partial charge in [0.1, 0.15) is 5.58 Å². The first-order valence-electron chi connectivity index (χ1n) is 6.89. The quantitative estimate of drug-likeness (QED) is 0.918. The Kier molecular flexibility index (Phi) is 3.99. The number of furan rings is 1. The van der Waals surface area contributed by atoms with Gasteiger partial charge in [-0.2, -0.15) is 0 Å². The first-order chi connectivity index (χ1) is 9.84. The summed E-state index contributed by atoms with van der Waals surface area (Å²) in [5.41, 5.74) is 1.41. The summed E-state index contributed by atoms with van der Waals surface area (Å²) in [5.74, 6) is -0.0507. The molecule has 0 atom stereocenters. The number of nitrogens with one attached hydrogen (secondary N) is 1. The third-order valence-electron chi connectivity index (χ3n) is 3.56. The van der Waals surface area contributed by atoms with Gasteiger partial charge in [-0.15, -0.1) is 0 Å².